The van der Waals surface area contributed by atoms with Gasteiger partial charge in [0.1, 0.15) is 24.4 Å². The molecule has 0 spiro atoms. The molecular weight excluding hydrogens is 979 g/mol. The van der Waals surface area contributed by atoms with E-state index in [0.717, 1.165) is 96.3 Å². The third kappa shape index (κ3) is 44.8. The lowest BCUT2D eigenvalue weighted by molar-refractivity contribution is -0.302. The van der Waals surface area contributed by atoms with Gasteiger partial charge in [-0.2, -0.15) is 0 Å². The van der Waals surface area contributed by atoms with Crippen molar-refractivity contribution in [2.24, 2.45) is 0 Å². The van der Waals surface area contributed by atoms with Crippen LogP contribution in [-0.4, -0.2) is 100 Å². The topological polar surface area (TPSA) is 175 Å². The number of aliphatic hydroxyl groups is 5. The molecule has 0 aliphatic carbocycles. The van der Waals surface area contributed by atoms with Crippen molar-refractivity contribution in [3.8, 4) is 0 Å². The maximum atomic E-state index is 13.0. The molecule has 1 aliphatic heterocycles. The molecule has 78 heavy (non-hydrogen) atoms. The summed E-state index contributed by atoms with van der Waals surface area (Å²) in [5, 5.41) is 54.2. The lowest BCUT2D eigenvalue weighted by Crippen LogP contribution is -2.60. The Kier molecular flexibility index (Phi) is 52.5. The van der Waals surface area contributed by atoms with Gasteiger partial charge in [0.2, 0.25) is 5.91 Å². The zero-order chi connectivity index (χ0) is 56.6. The molecule has 452 valence electrons. The van der Waals surface area contributed by atoms with Crippen molar-refractivity contribution in [1.29, 1.82) is 0 Å². The first-order chi connectivity index (χ1) is 38.2. The minimum absolute atomic E-state index is 0.0110. The average molecular weight is 1100 g/mol. The first-order valence-electron chi connectivity index (χ1n) is 32.2. The van der Waals surface area contributed by atoms with Gasteiger partial charge in [0, 0.05) is 12.8 Å². The Bertz CT molecular complexity index is 1520. The van der Waals surface area contributed by atoms with Crippen LogP contribution in [0.25, 0.3) is 0 Å². The second kappa shape index (κ2) is 56.0. The van der Waals surface area contributed by atoms with Crippen LogP contribution in [0.2, 0.25) is 0 Å². The Balaban J connectivity index is 2.01. The maximum absolute atomic E-state index is 13.0. The molecule has 0 radical (unpaired) electrons. The molecule has 0 bridgehead atoms. The minimum atomic E-state index is -1.58. The highest BCUT2D eigenvalue weighted by atomic mass is 16.7. The van der Waals surface area contributed by atoms with Crippen molar-refractivity contribution >= 4 is 11.9 Å². The molecule has 0 aromatic carbocycles. The molecule has 6 N–H and O–H groups in total. The number of allylic oxidation sites excluding steroid dienone is 11. The maximum Gasteiger partial charge on any atom is 0.305 e. The van der Waals surface area contributed by atoms with Gasteiger partial charge in [0.15, 0.2) is 6.29 Å². The summed E-state index contributed by atoms with van der Waals surface area (Å²) in [7, 11) is 0. The summed E-state index contributed by atoms with van der Waals surface area (Å²) in [6.45, 7) is 4.18. The summed E-state index contributed by atoms with van der Waals surface area (Å²) in [6, 6.07) is -0.840. The Morgan fingerprint density at radius 3 is 1.41 bits per heavy atom. The SMILES string of the molecule is CC/C=C/CC/C=C/CC/C=C/C(O)C(COC1OC(CO)C(O)C(O)C1O)NC(=O)CCCCCCCCCCC/C=C\C/C=C\CCCCCCCCCCCOC(=O)CCCCCCC/C=C\CCCCCCCC. The summed E-state index contributed by atoms with van der Waals surface area (Å²) < 4.78 is 16.7. The fourth-order valence-corrected chi connectivity index (χ4v) is 9.67. The first kappa shape index (κ1) is 73.1. The summed E-state index contributed by atoms with van der Waals surface area (Å²) in [5.41, 5.74) is 0. The van der Waals surface area contributed by atoms with Gasteiger partial charge >= 0.3 is 5.97 Å². The molecule has 1 heterocycles. The van der Waals surface area contributed by atoms with Crippen molar-refractivity contribution in [2.45, 2.75) is 320 Å². The fraction of sp³-hybridized carbons (Fsp3) is 0.791. The van der Waals surface area contributed by atoms with Gasteiger partial charge in [0.25, 0.3) is 0 Å². The summed E-state index contributed by atoms with van der Waals surface area (Å²) in [6.07, 6.45) is 64.6. The van der Waals surface area contributed by atoms with Gasteiger partial charge < -0.3 is 45.1 Å². The van der Waals surface area contributed by atoms with Gasteiger partial charge in [-0.1, -0.05) is 228 Å². The molecule has 1 aliphatic rings. The number of hydrogen-bond acceptors (Lipinski definition) is 10. The lowest BCUT2D eigenvalue weighted by Gasteiger charge is -2.40. The number of esters is 1. The average Bonchev–Trinajstić information content (AvgIpc) is 3.45. The second-order valence-electron chi connectivity index (χ2n) is 22.1. The molecule has 1 fully saturated rings. The smallest absolute Gasteiger partial charge is 0.305 e. The number of aliphatic hydroxyl groups excluding tert-OH is 5. The first-order valence-corrected chi connectivity index (χ1v) is 32.2. The van der Waals surface area contributed by atoms with Crippen LogP contribution in [-0.2, 0) is 23.8 Å². The van der Waals surface area contributed by atoms with E-state index in [2.05, 4.69) is 79.9 Å². The largest absolute Gasteiger partial charge is 0.466 e. The highest BCUT2D eigenvalue weighted by molar-refractivity contribution is 5.76. The Morgan fingerprint density at radius 2 is 0.910 bits per heavy atom. The van der Waals surface area contributed by atoms with Crippen molar-refractivity contribution in [2.75, 3.05) is 19.8 Å². The van der Waals surface area contributed by atoms with Crippen LogP contribution in [0.15, 0.2) is 72.9 Å². The summed E-state index contributed by atoms with van der Waals surface area (Å²) in [4.78, 5) is 25.1. The van der Waals surface area contributed by atoms with E-state index in [-0.39, 0.29) is 18.5 Å². The molecule has 11 nitrogen and oxygen atoms in total. The predicted octanol–water partition coefficient (Wildman–Crippen LogP) is 15.6. The van der Waals surface area contributed by atoms with E-state index in [1.54, 1.807) is 6.08 Å². The standard InChI is InChI=1S/C67H119NO10/c1-3-5-7-9-11-13-15-16-28-32-35-39-43-47-51-55-63(72)76-56-52-48-44-40-36-33-30-27-25-23-21-19-17-18-20-22-24-26-29-31-34-38-42-46-50-54-62(71)68-59(58-77-67-66(75)65(74)64(73)61(57-69)78-67)60(70)53-49-45-41-37-14-12-10-8-6-4-2/h6,8,14,16,18-21,28,37,49,53,59-61,64-67,69-70,73-75H,3-5,7,9-13,15,17,22-27,29-36,38-48,50-52,54-58H2,1-2H3,(H,68,71)/b8-6+,20-18-,21-19-,28-16-,37-14+,53-49+. The molecule has 1 amide bonds. The number of rotatable bonds is 55. The normalized spacial score (nSPS) is 19.0. The van der Waals surface area contributed by atoms with Gasteiger partial charge in [-0.3, -0.25) is 9.59 Å². The Morgan fingerprint density at radius 1 is 0.487 bits per heavy atom. The fourth-order valence-electron chi connectivity index (χ4n) is 9.67. The molecule has 1 rings (SSSR count). The van der Waals surface area contributed by atoms with Crippen LogP contribution < -0.4 is 5.32 Å². The Labute approximate surface area is 477 Å². The van der Waals surface area contributed by atoms with Crippen LogP contribution in [0.5, 0.6) is 0 Å². The van der Waals surface area contributed by atoms with E-state index in [9.17, 15) is 35.1 Å². The van der Waals surface area contributed by atoms with Crippen LogP contribution in [0.4, 0.5) is 0 Å². The number of nitrogens with one attached hydrogen (secondary N) is 1. The number of unbranched alkanes of at least 4 members (excludes halogenated alkanes) is 31. The third-order valence-electron chi connectivity index (χ3n) is 14.8. The van der Waals surface area contributed by atoms with E-state index >= 15 is 0 Å². The van der Waals surface area contributed by atoms with E-state index in [4.69, 9.17) is 14.2 Å². The quantitative estimate of drug-likeness (QED) is 0.0195. The number of amides is 1. The van der Waals surface area contributed by atoms with E-state index in [1.807, 2.05) is 6.08 Å². The number of ether oxygens (including phenoxy) is 3. The lowest BCUT2D eigenvalue weighted by atomic mass is 9.99. The van der Waals surface area contributed by atoms with Crippen LogP contribution >= 0.6 is 0 Å². The summed E-state index contributed by atoms with van der Waals surface area (Å²) >= 11 is 0. The van der Waals surface area contributed by atoms with Crippen LogP contribution in [0.3, 0.4) is 0 Å². The van der Waals surface area contributed by atoms with Crippen molar-refractivity contribution in [1.82, 2.24) is 5.32 Å². The predicted molar refractivity (Wildman–Crippen MR) is 324 cm³/mol. The summed E-state index contributed by atoms with van der Waals surface area (Å²) in [5.74, 6) is -0.217. The van der Waals surface area contributed by atoms with E-state index < -0.39 is 49.5 Å². The molecule has 11 heteroatoms. The van der Waals surface area contributed by atoms with Crippen molar-refractivity contribution in [3.63, 3.8) is 0 Å². The van der Waals surface area contributed by atoms with Gasteiger partial charge in [-0.25, -0.2) is 0 Å². The zero-order valence-electron chi connectivity index (χ0n) is 49.9. The molecule has 7 unspecified atom stereocenters. The van der Waals surface area contributed by atoms with Crippen molar-refractivity contribution in [3.05, 3.63) is 72.9 Å². The van der Waals surface area contributed by atoms with Gasteiger partial charge in [-0.05, 0) is 109 Å². The molecule has 1 saturated heterocycles. The van der Waals surface area contributed by atoms with Crippen LogP contribution in [0.1, 0.15) is 277 Å². The highest BCUT2D eigenvalue weighted by Crippen LogP contribution is 2.23. The second-order valence-corrected chi connectivity index (χ2v) is 22.1. The third-order valence-corrected chi connectivity index (χ3v) is 14.8. The molecule has 0 aromatic rings. The van der Waals surface area contributed by atoms with Gasteiger partial charge in [-0.15, -0.1) is 0 Å². The highest BCUT2D eigenvalue weighted by Gasteiger charge is 2.44. The van der Waals surface area contributed by atoms with Crippen LogP contribution in [0, 0.1) is 0 Å². The number of carbonyl (C=O) groups is 2. The van der Waals surface area contributed by atoms with E-state index in [1.165, 1.54) is 154 Å². The molecule has 7 atom stereocenters. The molecule has 0 saturated carbocycles. The van der Waals surface area contributed by atoms with Crippen molar-refractivity contribution < 1.29 is 49.3 Å². The van der Waals surface area contributed by atoms with Gasteiger partial charge in [0.05, 0.1) is 32.0 Å². The Hall–Kier alpha value is -2.90. The monoisotopic (exact) mass is 1100 g/mol. The zero-order valence-corrected chi connectivity index (χ0v) is 49.9. The number of hydrogen-bond donors (Lipinski definition) is 6. The number of carbonyl (C=O) groups excluding carboxylic acids is 2. The van der Waals surface area contributed by atoms with E-state index in [0.29, 0.717) is 19.4 Å². The molecular formula is C67H119NO10. The minimum Gasteiger partial charge on any atom is -0.466 e. The molecule has 0 aromatic heterocycles.